The molecule has 0 aliphatic carbocycles. The summed E-state index contributed by atoms with van der Waals surface area (Å²) in [7, 11) is 0. The third-order valence-corrected chi connectivity index (χ3v) is 4.68. The number of hydrogen-bond donors (Lipinski definition) is 0. The lowest BCUT2D eigenvalue weighted by Gasteiger charge is -2.36. The lowest BCUT2D eigenvalue weighted by atomic mass is 10.1. The Balaban J connectivity index is 1.54. The number of hydrogen-bond acceptors (Lipinski definition) is 3. The summed E-state index contributed by atoms with van der Waals surface area (Å²) in [6, 6.07) is 12.4. The summed E-state index contributed by atoms with van der Waals surface area (Å²) in [5, 5.41) is 0.598. The Hall–Kier alpha value is -2.60. The van der Waals surface area contributed by atoms with Crippen molar-refractivity contribution >= 4 is 23.4 Å². The van der Waals surface area contributed by atoms with E-state index < -0.39 is 11.9 Å². The number of carbonyl (C=O) groups excluding carboxylic acids is 2. The number of piperazine rings is 1. The number of benzene rings is 2. The topological polar surface area (TPSA) is 49.9 Å². The maximum Gasteiger partial charge on any atom is 0.263 e. The Morgan fingerprint density at radius 2 is 1.67 bits per heavy atom. The zero-order valence-corrected chi connectivity index (χ0v) is 15.7. The van der Waals surface area contributed by atoms with Gasteiger partial charge in [0.15, 0.2) is 6.10 Å². The Bertz CT molecular complexity index is 820. The van der Waals surface area contributed by atoms with Crippen LogP contribution in [0.25, 0.3) is 0 Å². The molecule has 1 heterocycles. The molecule has 7 heteroatoms. The molecule has 0 spiro atoms. The molecule has 2 aromatic carbocycles. The van der Waals surface area contributed by atoms with Gasteiger partial charge in [-0.15, -0.1) is 0 Å². The molecule has 1 atom stereocenters. The molecule has 1 saturated heterocycles. The van der Waals surface area contributed by atoms with Gasteiger partial charge in [0.2, 0.25) is 0 Å². The van der Waals surface area contributed by atoms with Crippen molar-refractivity contribution in [2.24, 2.45) is 0 Å². The van der Waals surface area contributed by atoms with Crippen molar-refractivity contribution in [3.8, 4) is 5.75 Å². The third-order valence-electron chi connectivity index (χ3n) is 4.42. The van der Waals surface area contributed by atoms with Crippen LogP contribution in [0, 0.1) is 5.82 Å². The van der Waals surface area contributed by atoms with Crippen LogP contribution in [0.1, 0.15) is 17.3 Å². The van der Waals surface area contributed by atoms with Crippen LogP contribution in [0.2, 0.25) is 5.02 Å². The minimum absolute atomic E-state index is 0.136. The summed E-state index contributed by atoms with van der Waals surface area (Å²) in [6.45, 7) is 3.31. The average Bonchev–Trinajstić information content (AvgIpc) is 2.68. The summed E-state index contributed by atoms with van der Waals surface area (Å²) in [6.07, 6.45) is -0.642. The second-order valence-electron chi connectivity index (χ2n) is 6.34. The number of ether oxygens (including phenoxy) is 1. The van der Waals surface area contributed by atoms with E-state index >= 15 is 0 Å². The highest BCUT2D eigenvalue weighted by molar-refractivity contribution is 6.30. The van der Waals surface area contributed by atoms with Crippen molar-refractivity contribution in [2.75, 3.05) is 26.2 Å². The number of rotatable bonds is 4. The first kappa shape index (κ1) is 19.2. The molecule has 0 aromatic heterocycles. The van der Waals surface area contributed by atoms with Gasteiger partial charge in [0, 0.05) is 36.8 Å². The van der Waals surface area contributed by atoms with Crippen LogP contribution in [0.15, 0.2) is 48.5 Å². The number of nitrogens with zero attached hydrogens (tertiary/aromatic N) is 2. The molecule has 1 aliphatic heterocycles. The standard InChI is InChI=1S/C20H20ClFN2O3/c1-14(27-18-7-5-16(21)6-8-18)19(25)23-9-11-24(12-10-23)20(26)15-3-2-4-17(22)13-15/h2-8,13-14H,9-12H2,1H3. The molecule has 2 amide bonds. The van der Waals surface area contributed by atoms with E-state index in [-0.39, 0.29) is 11.8 Å². The third kappa shape index (κ3) is 4.77. The fourth-order valence-electron chi connectivity index (χ4n) is 2.96. The van der Waals surface area contributed by atoms with E-state index in [0.717, 1.165) is 0 Å². The normalized spacial score (nSPS) is 15.4. The summed E-state index contributed by atoms with van der Waals surface area (Å²) < 4.78 is 19.0. The first-order chi connectivity index (χ1) is 12.9. The first-order valence-corrected chi connectivity index (χ1v) is 9.07. The van der Waals surface area contributed by atoms with E-state index in [9.17, 15) is 14.0 Å². The van der Waals surface area contributed by atoms with E-state index in [4.69, 9.17) is 16.3 Å². The summed E-state index contributed by atoms with van der Waals surface area (Å²) in [4.78, 5) is 28.3. The van der Waals surface area contributed by atoms with E-state index in [0.29, 0.717) is 42.5 Å². The van der Waals surface area contributed by atoms with E-state index in [1.54, 1.807) is 47.1 Å². The molecule has 1 unspecified atom stereocenters. The summed E-state index contributed by atoms with van der Waals surface area (Å²) in [5.74, 6) is -0.238. The van der Waals surface area contributed by atoms with Crippen LogP contribution in [-0.4, -0.2) is 53.9 Å². The van der Waals surface area contributed by atoms with Crippen molar-refractivity contribution < 1.29 is 18.7 Å². The molecule has 5 nitrogen and oxygen atoms in total. The van der Waals surface area contributed by atoms with Crippen molar-refractivity contribution in [1.82, 2.24) is 9.80 Å². The van der Waals surface area contributed by atoms with Gasteiger partial charge in [-0.05, 0) is 49.4 Å². The van der Waals surface area contributed by atoms with Crippen LogP contribution < -0.4 is 4.74 Å². The molecule has 1 fully saturated rings. The van der Waals surface area contributed by atoms with Crippen LogP contribution in [0.5, 0.6) is 5.75 Å². The molecule has 27 heavy (non-hydrogen) atoms. The van der Waals surface area contributed by atoms with Gasteiger partial charge in [-0.2, -0.15) is 0 Å². The van der Waals surface area contributed by atoms with Crippen LogP contribution >= 0.6 is 11.6 Å². The highest BCUT2D eigenvalue weighted by atomic mass is 35.5. The second kappa shape index (κ2) is 8.39. The highest BCUT2D eigenvalue weighted by Crippen LogP contribution is 2.18. The van der Waals surface area contributed by atoms with Crippen LogP contribution in [0.4, 0.5) is 4.39 Å². The van der Waals surface area contributed by atoms with Crippen molar-refractivity contribution in [3.05, 3.63) is 64.9 Å². The molecular weight excluding hydrogens is 371 g/mol. The van der Waals surface area contributed by atoms with Gasteiger partial charge >= 0.3 is 0 Å². The van der Waals surface area contributed by atoms with Crippen LogP contribution in [-0.2, 0) is 4.79 Å². The lowest BCUT2D eigenvalue weighted by Crippen LogP contribution is -2.53. The SMILES string of the molecule is CC(Oc1ccc(Cl)cc1)C(=O)N1CCN(C(=O)c2cccc(F)c2)CC1. The predicted molar refractivity (Wildman–Crippen MR) is 100 cm³/mol. The lowest BCUT2D eigenvalue weighted by molar-refractivity contribution is -0.139. The minimum atomic E-state index is -0.642. The molecular formula is C20H20ClFN2O3. The van der Waals surface area contributed by atoms with Crippen molar-refractivity contribution in [3.63, 3.8) is 0 Å². The maximum absolute atomic E-state index is 13.3. The number of carbonyl (C=O) groups is 2. The van der Waals surface area contributed by atoms with E-state index in [1.807, 2.05) is 0 Å². The fraction of sp³-hybridized carbons (Fsp3) is 0.300. The molecule has 1 aliphatic rings. The quantitative estimate of drug-likeness (QED) is 0.805. The van der Waals surface area contributed by atoms with Crippen molar-refractivity contribution in [1.29, 1.82) is 0 Å². The van der Waals surface area contributed by atoms with Gasteiger partial charge in [-0.1, -0.05) is 17.7 Å². The molecule has 0 saturated carbocycles. The Morgan fingerprint density at radius 1 is 1.04 bits per heavy atom. The van der Waals surface area contributed by atoms with E-state index in [1.165, 1.54) is 18.2 Å². The monoisotopic (exact) mass is 390 g/mol. The highest BCUT2D eigenvalue weighted by Gasteiger charge is 2.28. The average molecular weight is 391 g/mol. The van der Waals surface area contributed by atoms with Gasteiger partial charge in [0.25, 0.3) is 11.8 Å². The van der Waals surface area contributed by atoms with Crippen molar-refractivity contribution in [2.45, 2.75) is 13.0 Å². The molecule has 0 bridgehead atoms. The largest absolute Gasteiger partial charge is 0.481 e. The van der Waals surface area contributed by atoms with Gasteiger partial charge in [-0.3, -0.25) is 9.59 Å². The van der Waals surface area contributed by atoms with Gasteiger partial charge in [0.1, 0.15) is 11.6 Å². The number of halogens is 2. The Morgan fingerprint density at radius 3 is 2.30 bits per heavy atom. The second-order valence-corrected chi connectivity index (χ2v) is 6.78. The summed E-state index contributed by atoms with van der Waals surface area (Å²) >= 11 is 5.84. The molecule has 3 rings (SSSR count). The molecule has 142 valence electrons. The fourth-order valence-corrected chi connectivity index (χ4v) is 3.08. The predicted octanol–water partition coefficient (Wildman–Crippen LogP) is 3.23. The van der Waals surface area contributed by atoms with Gasteiger partial charge < -0.3 is 14.5 Å². The zero-order valence-electron chi connectivity index (χ0n) is 14.9. The maximum atomic E-state index is 13.3. The summed E-state index contributed by atoms with van der Waals surface area (Å²) in [5.41, 5.74) is 0.314. The molecule has 0 N–H and O–H groups in total. The zero-order chi connectivity index (χ0) is 19.4. The number of amides is 2. The molecule has 2 aromatic rings. The van der Waals surface area contributed by atoms with E-state index in [2.05, 4.69) is 0 Å². The van der Waals surface area contributed by atoms with Gasteiger partial charge in [-0.25, -0.2) is 4.39 Å². The smallest absolute Gasteiger partial charge is 0.263 e. The first-order valence-electron chi connectivity index (χ1n) is 8.70. The minimum Gasteiger partial charge on any atom is -0.481 e. The Labute approximate surface area is 162 Å². The van der Waals surface area contributed by atoms with Gasteiger partial charge in [0.05, 0.1) is 0 Å². The van der Waals surface area contributed by atoms with Crippen LogP contribution in [0.3, 0.4) is 0 Å². The Kier molecular flexibility index (Phi) is 5.96. The molecule has 0 radical (unpaired) electrons.